The Labute approximate surface area is 282 Å². The molecular weight excluding hydrogens is 641 g/mol. The van der Waals surface area contributed by atoms with E-state index in [-0.39, 0.29) is 28.5 Å². The molecule has 6 rings (SSSR count). The van der Waals surface area contributed by atoms with Gasteiger partial charge in [-0.2, -0.15) is 5.10 Å². The molecule has 1 saturated heterocycles. The van der Waals surface area contributed by atoms with Gasteiger partial charge in [0, 0.05) is 54.6 Å². The Morgan fingerprint density at radius 3 is 2.47 bits per heavy atom. The molecule has 1 atom stereocenters. The summed E-state index contributed by atoms with van der Waals surface area (Å²) in [4.78, 5) is 45.0. The molecule has 2 aromatic carbocycles. The van der Waals surface area contributed by atoms with E-state index in [1.54, 1.807) is 19.2 Å². The van der Waals surface area contributed by atoms with Crippen molar-refractivity contribution in [2.75, 3.05) is 32.1 Å². The van der Waals surface area contributed by atoms with E-state index in [0.717, 1.165) is 28.7 Å². The Balaban J connectivity index is 1.25. The minimum Gasteiger partial charge on any atom is -0.481 e. The number of anilines is 1. The summed E-state index contributed by atoms with van der Waals surface area (Å²) < 4.78 is 12.4. The second kappa shape index (κ2) is 13.5. The lowest BCUT2D eigenvalue weighted by Crippen LogP contribution is -2.52. The number of hydrogen-bond donors (Lipinski definition) is 1. The van der Waals surface area contributed by atoms with Gasteiger partial charge in [-0.15, -0.1) is 0 Å². The molecule has 0 unspecified atom stereocenters. The summed E-state index contributed by atoms with van der Waals surface area (Å²) in [6.45, 7) is 5.80. The summed E-state index contributed by atoms with van der Waals surface area (Å²) in [5, 5.41) is 7.32. The molecule has 2 aromatic heterocycles. The smallest absolute Gasteiger partial charge is 0.311 e. The average Bonchev–Trinajstić information content (AvgIpc) is 3.45. The molecule has 0 spiro atoms. The summed E-state index contributed by atoms with van der Waals surface area (Å²) >= 11 is 13.9. The largest absolute Gasteiger partial charge is 0.481 e. The van der Waals surface area contributed by atoms with Crippen molar-refractivity contribution in [1.82, 2.24) is 19.7 Å². The Morgan fingerprint density at radius 1 is 1.04 bits per heavy atom. The monoisotopic (exact) mass is 675 g/mol. The Morgan fingerprint density at radius 2 is 1.74 bits per heavy atom. The van der Waals surface area contributed by atoms with Crippen LogP contribution in [0.1, 0.15) is 47.8 Å². The normalized spacial score (nSPS) is 16.1. The molecule has 47 heavy (non-hydrogen) atoms. The molecule has 1 aliphatic heterocycles. The van der Waals surface area contributed by atoms with Crippen LogP contribution in [0.2, 0.25) is 10.0 Å². The average molecular weight is 677 g/mol. The molecule has 1 fully saturated rings. The van der Waals surface area contributed by atoms with E-state index in [1.807, 2.05) is 38.1 Å². The molecule has 0 radical (unpaired) electrons. The minimum atomic E-state index is -0.598. The van der Waals surface area contributed by atoms with Crippen LogP contribution < -0.4 is 15.6 Å². The number of carbonyl (C=O) groups is 2. The number of rotatable bonds is 9. The van der Waals surface area contributed by atoms with Crippen molar-refractivity contribution in [2.24, 2.45) is 18.9 Å². The summed E-state index contributed by atoms with van der Waals surface area (Å²) in [6, 6.07) is 14.4. The number of amides is 1. The molecule has 4 aromatic rings. The molecule has 3 heterocycles. The van der Waals surface area contributed by atoms with Crippen LogP contribution in [0.25, 0.3) is 22.4 Å². The lowest BCUT2D eigenvalue weighted by molar-refractivity contribution is -0.156. The first-order chi connectivity index (χ1) is 22.6. The number of nitrogens with one attached hydrogen (secondary N) is 1. The fourth-order valence-electron chi connectivity index (χ4n) is 6.17. The highest BCUT2D eigenvalue weighted by Crippen LogP contribution is 2.46. The van der Waals surface area contributed by atoms with Gasteiger partial charge in [0.05, 0.1) is 41.1 Å². The number of halogens is 2. The number of fused-ring (bicyclic) bond motifs is 1. The topological polar surface area (TPSA) is 116 Å². The van der Waals surface area contributed by atoms with E-state index in [1.165, 1.54) is 19.3 Å². The second-order valence-corrected chi connectivity index (χ2v) is 13.0. The summed E-state index contributed by atoms with van der Waals surface area (Å²) in [5.41, 5.74) is 4.57. The number of esters is 1. The first kappa shape index (κ1) is 32.7. The number of ether oxygens (including phenoxy) is 2. The van der Waals surface area contributed by atoms with Crippen molar-refractivity contribution >= 4 is 40.8 Å². The minimum absolute atomic E-state index is 0.0547. The van der Waals surface area contributed by atoms with Crippen molar-refractivity contribution in [3.8, 4) is 28.3 Å². The van der Waals surface area contributed by atoms with E-state index in [9.17, 15) is 14.4 Å². The van der Waals surface area contributed by atoms with E-state index in [2.05, 4.69) is 21.4 Å². The van der Waals surface area contributed by atoms with E-state index in [0.29, 0.717) is 64.6 Å². The highest BCUT2D eigenvalue weighted by Gasteiger charge is 2.42. The number of aromatic nitrogens is 3. The molecular formula is C35H35Cl2N5O5. The first-order valence-corrected chi connectivity index (χ1v) is 16.2. The third kappa shape index (κ3) is 6.37. The molecule has 0 saturated carbocycles. The van der Waals surface area contributed by atoms with Gasteiger partial charge in [0.1, 0.15) is 5.56 Å². The van der Waals surface area contributed by atoms with Crippen LogP contribution in [0, 0.1) is 11.8 Å². The lowest BCUT2D eigenvalue weighted by Gasteiger charge is -2.42. The summed E-state index contributed by atoms with van der Waals surface area (Å²) in [5.74, 6) is 0.00742. The molecule has 2 aliphatic rings. The van der Waals surface area contributed by atoms with Crippen LogP contribution in [0.4, 0.5) is 5.69 Å². The molecule has 0 bridgehead atoms. The lowest BCUT2D eigenvalue weighted by atomic mass is 9.95. The van der Waals surface area contributed by atoms with Crippen molar-refractivity contribution < 1.29 is 19.1 Å². The Hall–Kier alpha value is -4.25. The maximum Gasteiger partial charge on any atom is 0.311 e. The van der Waals surface area contributed by atoms with Crippen molar-refractivity contribution in [2.45, 2.75) is 32.7 Å². The predicted octanol–water partition coefficient (Wildman–Crippen LogP) is 6.20. The second-order valence-electron chi connectivity index (χ2n) is 12.3. The van der Waals surface area contributed by atoms with Gasteiger partial charge in [-0.05, 0) is 42.5 Å². The number of benzene rings is 2. The van der Waals surface area contributed by atoms with Gasteiger partial charge in [0.15, 0.2) is 0 Å². The molecule has 1 amide bonds. The zero-order valence-electron chi connectivity index (χ0n) is 26.5. The van der Waals surface area contributed by atoms with E-state index >= 15 is 0 Å². The molecule has 12 heteroatoms. The number of nitrogens with zero attached hydrogens (tertiary/aromatic N) is 4. The Bertz CT molecular complexity index is 1920. The van der Waals surface area contributed by atoms with Crippen LogP contribution >= 0.6 is 23.2 Å². The SMILES string of the molecule is COc1nc(-c2cccc(-c3cccc(NC(=O)c4ccnn(C)c4=O)c3Cl)c2Cl)cc2c1[C@@H](N1CC(C(=O)OCC(C)C)C1)CC2. The zero-order chi connectivity index (χ0) is 33.4. The van der Waals surface area contributed by atoms with Gasteiger partial charge in [-0.1, -0.05) is 67.4 Å². The third-order valence-electron chi connectivity index (χ3n) is 8.63. The summed E-state index contributed by atoms with van der Waals surface area (Å²) in [7, 11) is 3.09. The number of methoxy groups -OCH3 is 1. The Kier molecular flexibility index (Phi) is 9.36. The van der Waals surface area contributed by atoms with Gasteiger partial charge in [0.25, 0.3) is 11.5 Å². The van der Waals surface area contributed by atoms with Gasteiger partial charge in [0.2, 0.25) is 5.88 Å². The fraction of sp³-hybridized carbons (Fsp3) is 0.343. The van der Waals surface area contributed by atoms with Crippen LogP contribution in [0.3, 0.4) is 0 Å². The number of hydrogen-bond acceptors (Lipinski definition) is 8. The number of likely N-dealkylation sites (tertiary alicyclic amines) is 1. The molecule has 244 valence electrons. The van der Waals surface area contributed by atoms with Crippen molar-refractivity contribution in [1.29, 1.82) is 0 Å². The summed E-state index contributed by atoms with van der Waals surface area (Å²) in [6.07, 6.45) is 3.13. The van der Waals surface area contributed by atoms with Gasteiger partial charge in [-0.25, -0.2) is 9.67 Å². The van der Waals surface area contributed by atoms with Crippen LogP contribution in [-0.4, -0.2) is 58.3 Å². The highest BCUT2D eigenvalue weighted by molar-refractivity contribution is 6.39. The van der Waals surface area contributed by atoms with Crippen molar-refractivity contribution in [3.63, 3.8) is 0 Å². The molecule has 1 aliphatic carbocycles. The van der Waals surface area contributed by atoms with Gasteiger partial charge >= 0.3 is 5.97 Å². The van der Waals surface area contributed by atoms with Crippen LogP contribution in [0.15, 0.2) is 59.5 Å². The maximum absolute atomic E-state index is 12.9. The van der Waals surface area contributed by atoms with E-state index < -0.39 is 11.5 Å². The quantitative estimate of drug-likeness (QED) is 0.209. The molecule has 10 nitrogen and oxygen atoms in total. The van der Waals surface area contributed by atoms with E-state index in [4.69, 9.17) is 37.7 Å². The number of pyridine rings is 1. The van der Waals surface area contributed by atoms with Crippen LogP contribution in [0.5, 0.6) is 5.88 Å². The zero-order valence-corrected chi connectivity index (χ0v) is 28.1. The predicted molar refractivity (Wildman–Crippen MR) is 181 cm³/mol. The third-order valence-corrected chi connectivity index (χ3v) is 9.44. The number of aryl methyl sites for hydroxylation is 2. The maximum atomic E-state index is 12.9. The standard InChI is InChI=1S/C35H35Cl2N5O5/c1-19(2)18-47-35(45)21-16-42(17-21)28-12-11-20-15-27(40-33(46-4)29(20)28)24-9-5-7-22(30(24)36)23-8-6-10-26(31(23)37)39-32(43)25-13-14-38-41(3)34(25)44/h5-10,13-15,19,21,28H,11-12,16-18H2,1-4H3,(H,39,43)/t28-/m0/s1. The van der Waals surface area contributed by atoms with Gasteiger partial charge < -0.3 is 14.8 Å². The highest BCUT2D eigenvalue weighted by atomic mass is 35.5. The van der Waals surface area contributed by atoms with Crippen LogP contribution in [-0.2, 0) is 23.0 Å². The number of carbonyl (C=O) groups excluding carboxylic acids is 2. The fourth-order valence-corrected chi connectivity index (χ4v) is 6.77. The van der Waals surface area contributed by atoms with Gasteiger partial charge in [-0.3, -0.25) is 19.3 Å². The molecule has 1 N–H and O–H groups in total. The van der Waals surface area contributed by atoms with Crippen molar-refractivity contribution in [3.05, 3.63) is 91.8 Å². The first-order valence-electron chi connectivity index (χ1n) is 15.5.